The van der Waals surface area contributed by atoms with Gasteiger partial charge in [0.15, 0.2) is 0 Å². The highest BCUT2D eigenvalue weighted by atomic mass is 16.5. The van der Waals surface area contributed by atoms with Gasteiger partial charge in [-0.05, 0) is 32.0 Å². The van der Waals surface area contributed by atoms with Crippen LogP contribution in [0.25, 0.3) is 11.0 Å². The molecular weight excluding hydrogens is 228 g/mol. The number of ether oxygens (including phenoxy) is 1. The van der Waals surface area contributed by atoms with E-state index < -0.39 is 0 Å². The van der Waals surface area contributed by atoms with Crippen molar-refractivity contribution in [3.05, 3.63) is 29.6 Å². The van der Waals surface area contributed by atoms with Gasteiger partial charge in [-0.15, -0.1) is 0 Å². The average molecular weight is 242 g/mol. The van der Waals surface area contributed by atoms with E-state index in [0.717, 1.165) is 22.4 Å². The Morgan fingerprint density at radius 1 is 1.50 bits per heavy atom. The van der Waals surface area contributed by atoms with Gasteiger partial charge in [-0.3, -0.25) is 4.79 Å². The molecule has 4 heteroatoms. The minimum atomic E-state index is -0.288. The number of fused-ring (bicyclic) bond motifs is 1. The number of carbonyl (C=O) groups is 1. The third-order valence-electron chi connectivity index (χ3n) is 2.37. The molecule has 0 aliphatic rings. The molecule has 4 nitrogen and oxygen atoms in total. The topological polar surface area (TPSA) is 55.0 Å². The first kappa shape index (κ1) is 12.2. The Bertz CT molecular complexity index is 632. The molecule has 0 fully saturated rings. The van der Waals surface area contributed by atoms with Crippen LogP contribution < -0.4 is 0 Å². The Balaban J connectivity index is 2.12. The molecule has 2 rings (SSSR count). The number of nitrogens with one attached hydrogen (secondary N) is 1. The number of esters is 1. The largest absolute Gasteiger partial charge is 0.465 e. The first-order valence-electron chi connectivity index (χ1n) is 5.80. The smallest absolute Gasteiger partial charge is 0.317 e. The van der Waals surface area contributed by atoms with Crippen LogP contribution in [-0.4, -0.2) is 22.5 Å². The second-order valence-corrected chi connectivity index (χ2v) is 3.84. The highest BCUT2D eigenvalue weighted by molar-refractivity contribution is 5.77. The molecule has 1 aromatic heterocycles. The lowest BCUT2D eigenvalue weighted by atomic mass is 10.2. The molecule has 1 N–H and O–H groups in total. The Labute approximate surface area is 105 Å². The molecule has 0 amide bonds. The summed E-state index contributed by atoms with van der Waals surface area (Å²) in [7, 11) is 0. The van der Waals surface area contributed by atoms with Gasteiger partial charge in [0.25, 0.3) is 0 Å². The number of imidazole rings is 1. The maximum Gasteiger partial charge on any atom is 0.317 e. The summed E-state index contributed by atoms with van der Waals surface area (Å²) in [5.74, 6) is 6.32. The lowest BCUT2D eigenvalue weighted by Gasteiger charge is -1.95. The van der Waals surface area contributed by atoms with Crippen LogP contribution in [0.5, 0.6) is 0 Å². The Morgan fingerprint density at radius 2 is 2.33 bits per heavy atom. The average Bonchev–Trinajstić information content (AvgIpc) is 2.69. The zero-order valence-electron chi connectivity index (χ0n) is 10.4. The summed E-state index contributed by atoms with van der Waals surface area (Å²) in [5.41, 5.74) is 2.73. The Kier molecular flexibility index (Phi) is 3.63. The molecule has 18 heavy (non-hydrogen) atoms. The normalized spacial score (nSPS) is 9.89. The van der Waals surface area contributed by atoms with Crippen molar-refractivity contribution >= 4 is 17.0 Å². The van der Waals surface area contributed by atoms with Crippen molar-refractivity contribution in [3.63, 3.8) is 0 Å². The van der Waals surface area contributed by atoms with Crippen LogP contribution in [-0.2, 0) is 9.53 Å². The number of carbonyl (C=O) groups excluding carboxylic acids is 1. The van der Waals surface area contributed by atoms with E-state index in [9.17, 15) is 4.79 Å². The Morgan fingerprint density at radius 3 is 3.11 bits per heavy atom. The fraction of sp³-hybridized carbons (Fsp3) is 0.286. The van der Waals surface area contributed by atoms with Crippen molar-refractivity contribution in [2.75, 3.05) is 6.61 Å². The van der Waals surface area contributed by atoms with E-state index in [1.807, 2.05) is 25.1 Å². The summed E-state index contributed by atoms with van der Waals surface area (Å²) < 4.78 is 4.80. The van der Waals surface area contributed by atoms with Gasteiger partial charge in [0.1, 0.15) is 12.2 Å². The van der Waals surface area contributed by atoms with Crippen molar-refractivity contribution in [1.29, 1.82) is 0 Å². The summed E-state index contributed by atoms with van der Waals surface area (Å²) in [5, 5.41) is 0. The second-order valence-electron chi connectivity index (χ2n) is 3.84. The molecule has 0 atom stereocenters. The van der Waals surface area contributed by atoms with E-state index in [2.05, 4.69) is 21.8 Å². The molecular formula is C14H14N2O2. The SMILES string of the molecule is CCOC(=O)CC#Cc1ccc2nc(C)[nH]c2c1. The van der Waals surface area contributed by atoms with Crippen molar-refractivity contribution in [1.82, 2.24) is 9.97 Å². The quantitative estimate of drug-likeness (QED) is 0.648. The fourth-order valence-corrected chi connectivity index (χ4v) is 1.65. The van der Waals surface area contributed by atoms with Crippen molar-refractivity contribution < 1.29 is 9.53 Å². The summed E-state index contributed by atoms with van der Waals surface area (Å²) in [6.45, 7) is 4.08. The number of aryl methyl sites for hydroxylation is 1. The monoisotopic (exact) mass is 242 g/mol. The van der Waals surface area contributed by atoms with Crippen LogP contribution >= 0.6 is 0 Å². The standard InChI is InChI=1S/C14H14N2O2/c1-3-18-14(17)6-4-5-11-7-8-12-13(9-11)16-10(2)15-12/h7-9H,3,6H2,1-2H3,(H,15,16). The highest BCUT2D eigenvalue weighted by Gasteiger charge is 1.99. The molecule has 0 saturated heterocycles. The van der Waals surface area contributed by atoms with Gasteiger partial charge in [-0.2, -0.15) is 0 Å². The molecule has 1 aromatic carbocycles. The first-order chi connectivity index (χ1) is 8.69. The van der Waals surface area contributed by atoms with Gasteiger partial charge in [-0.25, -0.2) is 4.98 Å². The molecule has 0 saturated carbocycles. The number of hydrogen-bond acceptors (Lipinski definition) is 3. The minimum absolute atomic E-state index is 0.119. The number of rotatable bonds is 2. The van der Waals surface area contributed by atoms with E-state index in [1.54, 1.807) is 6.92 Å². The van der Waals surface area contributed by atoms with Crippen LogP contribution in [0.1, 0.15) is 24.7 Å². The predicted octanol–water partition coefficient (Wildman–Crippen LogP) is 2.18. The summed E-state index contributed by atoms with van der Waals surface area (Å²) in [4.78, 5) is 18.6. The van der Waals surface area contributed by atoms with Gasteiger partial charge in [0.2, 0.25) is 0 Å². The highest BCUT2D eigenvalue weighted by Crippen LogP contribution is 2.12. The minimum Gasteiger partial charge on any atom is -0.465 e. The molecule has 0 unspecified atom stereocenters. The molecule has 0 radical (unpaired) electrons. The number of nitrogens with zero attached hydrogens (tertiary/aromatic N) is 1. The van der Waals surface area contributed by atoms with E-state index in [4.69, 9.17) is 4.74 Å². The molecule has 92 valence electrons. The number of aromatic amines is 1. The molecule has 0 bridgehead atoms. The van der Waals surface area contributed by atoms with E-state index >= 15 is 0 Å². The van der Waals surface area contributed by atoms with Gasteiger partial charge in [0, 0.05) is 5.56 Å². The van der Waals surface area contributed by atoms with Gasteiger partial charge in [-0.1, -0.05) is 11.8 Å². The second kappa shape index (κ2) is 5.37. The van der Waals surface area contributed by atoms with E-state index in [-0.39, 0.29) is 12.4 Å². The predicted molar refractivity (Wildman–Crippen MR) is 69.0 cm³/mol. The number of hydrogen-bond donors (Lipinski definition) is 1. The van der Waals surface area contributed by atoms with Crippen molar-refractivity contribution in [2.45, 2.75) is 20.3 Å². The Hall–Kier alpha value is -2.28. The zero-order chi connectivity index (χ0) is 13.0. The zero-order valence-corrected chi connectivity index (χ0v) is 10.4. The molecule has 0 aliphatic carbocycles. The maximum absolute atomic E-state index is 11.1. The maximum atomic E-state index is 11.1. The van der Waals surface area contributed by atoms with Gasteiger partial charge >= 0.3 is 5.97 Å². The number of benzene rings is 1. The summed E-state index contributed by atoms with van der Waals surface area (Å²) in [6, 6.07) is 5.72. The van der Waals surface area contributed by atoms with Crippen LogP contribution in [0.2, 0.25) is 0 Å². The number of H-pyrrole nitrogens is 1. The van der Waals surface area contributed by atoms with Crippen LogP contribution in [0, 0.1) is 18.8 Å². The fourth-order valence-electron chi connectivity index (χ4n) is 1.65. The lowest BCUT2D eigenvalue weighted by Crippen LogP contribution is -2.01. The third kappa shape index (κ3) is 2.89. The van der Waals surface area contributed by atoms with Crippen LogP contribution in [0.4, 0.5) is 0 Å². The molecule has 0 aliphatic heterocycles. The van der Waals surface area contributed by atoms with E-state index in [0.29, 0.717) is 6.61 Å². The molecule has 1 heterocycles. The van der Waals surface area contributed by atoms with Gasteiger partial charge < -0.3 is 9.72 Å². The van der Waals surface area contributed by atoms with Crippen molar-refractivity contribution in [3.8, 4) is 11.8 Å². The van der Waals surface area contributed by atoms with Crippen LogP contribution in [0.15, 0.2) is 18.2 Å². The van der Waals surface area contributed by atoms with Gasteiger partial charge in [0.05, 0.1) is 17.6 Å². The van der Waals surface area contributed by atoms with E-state index in [1.165, 1.54) is 0 Å². The van der Waals surface area contributed by atoms with Crippen molar-refractivity contribution in [2.24, 2.45) is 0 Å². The number of aromatic nitrogens is 2. The molecule has 2 aromatic rings. The third-order valence-corrected chi connectivity index (χ3v) is 2.37. The summed E-state index contributed by atoms with van der Waals surface area (Å²) in [6.07, 6.45) is 0.119. The summed E-state index contributed by atoms with van der Waals surface area (Å²) >= 11 is 0. The first-order valence-corrected chi connectivity index (χ1v) is 5.80. The lowest BCUT2D eigenvalue weighted by molar-refractivity contribution is -0.141. The van der Waals surface area contributed by atoms with Crippen LogP contribution in [0.3, 0.4) is 0 Å². The molecule has 0 spiro atoms.